The number of carbonyl (C=O) groups is 3. The van der Waals surface area contributed by atoms with Crippen LogP contribution in [-0.4, -0.2) is 93.2 Å². The molecule has 0 saturated carbocycles. The van der Waals surface area contributed by atoms with Gasteiger partial charge in [0.25, 0.3) is 0 Å². The van der Waals surface area contributed by atoms with Crippen molar-refractivity contribution in [1.29, 1.82) is 0 Å². The summed E-state index contributed by atoms with van der Waals surface area (Å²) in [4.78, 5) is 39.4. The van der Waals surface area contributed by atoms with Crippen LogP contribution >= 0.6 is 11.8 Å². The molecule has 0 radical (unpaired) electrons. The van der Waals surface area contributed by atoms with Gasteiger partial charge >= 0.3 is 5.97 Å². The Morgan fingerprint density at radius 3 is 2.58 bits per heavy atom. The molecule has 3 aliphatic heterocycles. The molecule has 0 aromatic heterocycles. The van der Waals surface area contributed by atoms with E-state index in [1.165, 1.54) is 4.90 Å². The predicted octanol–water partition coefficient (Wildman–Crippen LogP) is -0.782. The molecule has 146 valence electrons. The van der Waals surface area contributed by atoms with Crippen molar-refractivity contribution in [1.82, 2.24) is 15.1 Å². The fourth-order valence-electron chi connectivity index (χ4n) is 4.58. The number of carboxylic acids is 1. The van der Waals surface area contributed by atoms with Gasteiger partial charge in [0, 0.05) is 31.1 Å². The number of carboxylic acid groups (broad SMARTS) is 1. The maximum absolute atomic E-state index is 12.4. The summed E-state index contributed by atoms with van der Waals surface area (Å²) in [5.41, 5.74) is 0. The Kier molecular flexibility index (Phi) is 5.24. The van der Waals surface area contributed by atoms with Crippen LogP contribution in [0.1, 0.15) is 20.3 Å². The van der Waals surface area contributed by atoms with Crippen LogP contribution in [0.15, 0.2) is 0 Å². The minimum absolute atomic E-state index is 0.0236. The second-order valence-electron chi connectivity index (χ2n) is 7.80. The normalized spacial score (nSPS) is 40.1. The number of hydrogen-bond donors (Lipinski definition) is 3. The zero-order valence-electron chi connectivity index (χ0n) is 15.5. The molecule has 2 amide bonds. The third kappa shape index (κ3) is 2.99. The van der Waals surface area contributed by atoms with Crippen LogP contribution in [-0.2, 0) is 14.4 Å². The first-order valence-electron chi connectivity index (χ1n) is 8.98. The third-order valence-electron chi connectivity index (χ3n) is 5.85. The Balaban J connectivity index is 1.72. The summed E-state index contributed by atoms with van der Waals surface area (Å²) in [6.45, 7) is 4.19. The molecule has 3 heterocycles. The number of carbonyl (C=O) groups excluding carboxylic acids is 2. The molecule has 3 aliphatic rings. The largest absolute Gasteiger partial charge is 0.480 e. The second kappa shape index (κ2) is 7.01. The monoisotopic (exact) mass is 385 g/mol. The molecular weight excluding hydrogens is 358 g/mol. The van der Waals surface area contributed by atoms with Crippen molar-refractivity contribution in [2.75, 3.05) is 20.6 Å². The number of aliphatic hydroxyl groups excluding tert-OH is 1. The zero-order chi connectivity index (χ0) is 19.3. The van der Waals surface area contributed by atoms with E-state index < -0.39 is 24.0 Å². The highest BCUT2D eigenvalue weighted by Gasteiger charge is 2.64. The number of amides is 2. The molecule has 0 aromatic rings. The molecule has 3 saturated heterocycles. The van der Waals surface area contributed by atoms with Gasteiger partial charge in [-0.3, -0.25) is 9.59 Å². The predicted molar refractivity (Wildman–Crippen MR) is 96.7 cm³/mol. The first-order chi connectivity index (χ1) is 12.1. The Hall–Kier alpha value is -1.32. The van der Waals surface area contributed by atoms with Gasteiger partial charge in [0.2, 0.25) is 11.8 Å². The number of nitrogens with zero attached hydrogens (tertiary/aromatic N) is 2. The summed E-state index contributed by atoms with van der Waals surface area (Å²) in [7, 11) is 3.44. The summed E-state index contributed by atoms with van der Waals surface area (Å²) in [5.74, 6) is -1.78. The quantitative estimate of drug-likeness (QED) is 0.533. The lowest BCUT2D eigenvalue weighted by Gasteiger charge is -2.47. The van der Waals surface area contributed by atoms with Crippen molar-refractivity contribution in [3.8, 4) is 0 Å². The van der Waals surface area contributed by atoms with E-state index in [4.69, 9.17) is 0 Å². The van der Waals surface area contributed by atoms with Gasteiger partial charge in [-0.05, 0) is 19.3 Å². The fraction of sp³-hybridized carbons (Fsp3) is 0.824. The molecule has 0 spiro atoms. The lowest BCUT2D eigenvalue weighted by atomic mass is 9.79. The molecule has 26 heavy (non-hydrogen) atoms. The van der Waals surface area contributed by atoms with Crippen LogP contribution in [0, 0.1) is 11.8 Å². The number of thioether (sulfide) groups is 1. The van der Waals surface area contributed by atoms with Crippen molar-refractivity contribution in [3.05, 3.63) is 0 Å². The summed E-state index contributed by atoms with van der Waals surface area (Å²) in [5, 5.41) is 22.7. The van der Waals surface area contributed by atoms with Gasteiger partial charge in [0.05, 0.1) is 24.1 Å². The van der Waals surface area contributed by atoms with E-state index in [0.29, 0.717) is 13.0 Å². The molecule has 3 fully saturated rings. The number of aliphatic carboxylic acids is 1. The first kappa shape index (κ1) is 19.4. The summed E-state index contributed by atoms with van der Waals surface area (Å²) >= 11 is 1.57. The van der Waals surface area contributed by atoms with E-state index in [1.807, 2.05) is 6.92 Å². The Bertz CT molecular complexity index is 613. The van der Waals surface area contributed by atoms with Crippen LogP contribution in [0.2, 0.25) is 0 Å². The van der Waals surface area contributed by atoms with Gasteiger partial charge in [0.1, 0.15) is 6.04 Å². The summed E-state index contributed by atoms with van der Waals surface area (Å²) in [6.07, 6.45) is -0.130. The maximum Gasteiger partial charge on any atom is 0.327 e. The number of likely N-dealkylation sites (N-methyl/N-ethyl adjacent to an activating group) is 1. The van der Waals surface area contributed by atoms with Gasteiger partial charge in [0.15, 0.2) is 0 Å². The van der Waals surface area contributed by atoms with Gasteiger partial charge in [-0.1, -0.05) is 6.92 Å². The van der Waals surface area contributed by atoms with Crippen molar-refractivity contribution in [2.45, 2.75) is 55.0 Å². The molecule has 0 aromatic carbocycles. The highest BCUT2D eigenvalue weighted by atomic mass is 32.2. The SMILES string of the molecule is C[C@@H](O)[C@H]1C(=O)N2C(C(=O)O)C(S[C@@H]3CN[C@H](C(=O)N(C)C)C3)[C@H](C)[C@H]12. The lowest BCUT2D eigenvalue weighted by molar-refractivity contribution is -0.170. The zero-order valence-corrected chi connectivity index (χ0v) is 16.3. The van der Waals surface area contributed by atoms with Crippen LogP contribution < -0.4 is 5.32 Å². The minimum Gasteiger partial charge on any atom is -0.480 e. The molecular formula is C17H27N3O5S. The molecule has 0 bridgehead atoms. The number of fused-ring (bicyclic) bond motifs is 1. The molecule has 8 nitrogen and oxygen atoms in total. The van der Waals surface area contributed by atoms with Crippen LogP contribution in [0.5, 0.6) is 0 Å². The van der Waals surface area contributed by atoms with Crippen LogP contribution in [0.3, 0.4) is 0 Å². The average molecular weight is 385 g/mol. The highest BCUT2D eigenvalue weighted by molar-refractivity contribution is 8.00. The number of rotatable bonds is 5. The number of β-lactam (4-membered cyclic amide) rings is 1. The Morgan fingerprint density at radius 2 is 2.04 bits per heavy atom. The Morgan fingerprint density at radius 1 is 1.38 bits per heavy atom. The van der Waals surface area contributed by atoms with Gasteiger partial charge in [-0.15, -0.1) is 0 Å². The third-order valence-corrected chi connectivity index (χ3v) is 7.59. The van der Waals surface area contributed by atoms with E-state index in [-0.39, 0.29) is 40.3 Å². The number of hydrogen-bond acceptors (Lipinski definition) is 6. The van der Waals surface area contributed by atoms with E-state index in [9.17, 15) is 24.6 Å². The van der Waals surface area contributed by atoms with Crippen molar-refractivity contribution < 1.29 is 24.6 Å². The van der Waals surface area contributed by atoms with Crippen LogP contribution in [0.25, 0.3) is 0 Å². The summed E-state index contributed by atoms with van der Waals surface area (Å²) in [6, 6.07) is -1.34. The molecule has 2 unspecified atom stereocenters. The number of aliphatic hydroxyl groups is 1. The Labute approximate surface area is 157 Å². The smallest absolute Gasteiger partial charge is 0.327 e. The highest BCUT2D eigenvalue weighted by Crippen LogP contribution is 2.50. The van der Waals surface area contributed by atoms with Crippen LogP contribution in [0.4, 0.5) is 0 Å². The minimum atomic E-state index is -0.999. The van der Waals surface area contributed by atoms with Gasteiger partial charge < -0.3 is 25.3 Å². The van der Waals surface area contributed by atoms with E-state index in [1.54, 1.807) is 37.7 Å². The molecule has 3 N–H and O–H groups in total. The second-order valence-corrected chi connectivity index (χ2v) is 9.28. The molecule has 8 atom stereocenters. The van der Waals surface area contributed by atoms with Gasteiger partial charge in [-0.25, -0.2) is 4.79 Å². The summed E-state index contributed by atoms with van der Waals surface area (Å²) < 4.78 is 0. The van der Waals surface area contributed by atoms with Crippen molar-refractivity contribution >= 4 is 29.5 Å². The maximum atomic E-state index is 12.4. The van der Waals surface area contributed by atoms with E-state index in [2.05, 4.69) is 5.32 Å². The van der Waals surface area contributed by atoms with E-state index in [0.717, 1.165) is 0 Å². The first-order valence-corrected chi connectivity index (χ1v) is 9.92. The van der Waals surface area contributed by atoms with E-state index >= 15 is 0 Å². The topological polar surface area (TPSA) is 110 Å². The average Bonchev–Trinajstić information content (AvgIpc) is 3.09. The van der Waals surface area contributed by atoms with Crippen molar-refractivity contribution in [2.24, 2.45) is 11.8 Å². The lowest BCUT2D eigenvalue weighted by Crippen LogP contribution is -2.65. The van der Waals surface area contributed by atoms with Crippen molar-refractivity contribution in [3.63, 3.8) is 0 Å². The standard InChI is InChI=1S/C17H27N3O5S/c1-7-12-11(8(2)21)16(23)20(12)13(17(24)25)14(7)26-9-5-10(18-6-9)15(22)19(3)4/h7-14,18,21H,5-6H2,1-4H3,(H,24,25)/t7-,8-,9+,10+,11-,12-,13?,14?/m1/s1. The van der Waals surface area contributed by atoms with Gasteiger partial charge in [-0.2, -0.15) is 11.8 Å². The molecule has 3 rings (SSSR count). The fourth-order valence-corrected chi connectivity index (χ4v) is 6.32. The molecule has 0 aliphatic carbocycles. The molecule has 9 heteroatoms. The number of nitrogens with one attached hydrogen (secondary N) is 1.